The summed E-state index contributed by atoms with van der Waals surface area (Å²) >= 11 is 1.37. The van der Waals surface area contributed by atoms with Crippen molar-refractivity contribution in [2.75, 3.05) is 34.3 Å². The van der Waals surface area contributed by atoms with E-state index in [0.29, 0.717) is 29.1 Å². The molecule has 0 aliphatic heterocycles. The summed E-state index contributed by atoms with van der Waals surface area (Å²) in [4.78, 5) is 23.6. The van der Waals surface area contributed by atoms with Crippen LogP contribution in [0.25, 0.3) is 0 Å². The second kappa shape index (κ2) is 13.3. The summed E-state index contributed by atoms with van der Waals surface area (Å²) in [5.74, 6) is 1.05. The number of hydrogen-bond acceptors (Lipinski definition) is 6. The fourth-order valence-electron chi connectivity index (χ4n) is 2.69. The number of esters is 1. The molecule has 9 heteroatoms. The van der Waals surface area contributed by atoms with Gasteiger partial charge >= 0.3 is 5.97 Å². The largest absolute Gasteiger partial charge is 0.462 e. The van der Waals surface area contributed by atoms with Crippen molar-refractivity contribution in [1.29, 1.82) is 0 Å². The predicted octanol–water partition coefficient (Wildman–Crippen LogP) is 3.45. The SMILES string of the molecule is CCOC(=O)c1sc(C(C)NC(=NC)NCC(CC(C)C)N(C)C)nc1C.I. The molecule has 0 aliphatic rings. The third-order valence-electron chi connectivity index (χ3n) is 4.20. The van der Waals surface area contributed by atoms with Crippen LogP contribution in [0.5, 0.6) is 0 Å². The van der Waals surface area contributed by atoms with Gasteiger partial charge in [0, 0.05) is 19.6 Å². The molecule has 0 radical (unpaired) electrons. The maximum Gasteiger partial charge on any atom is 0.350 e. The first-order valence-corrected chi connectivity index (χ1v) is 10.3. The van der Waals surface area contributed by atoms with Crippen molar-refractivity contribution in [1.82, 2.24) is 20.5 Å². The second-order valence-electron chi connectivity index (χ2n) is 7.25. The van der Waals surface area contributed by atoms with E-state index in [9.17, 15) is 4.79 Å². The molecule has 0 bridgehead atoms. The van der Waals surface area contributed by atoms with Crippen molar-refractivity contribution in [3.63, 3.8) is 0 Å². The van der Waals surface area contributed by atoms with E-state index in [2.05, 4.69) is 53.5 Å². The fourth-order valence-corrected chi connectivity index (χ4v) is 3.65. The number of hydrogen-bond donors (Lipinski definition) is 2. The van der Waals surface area contributed by atoms with Crippen molar-refractivity contribution in [2.24, 2.45) is 10.9 Å². The van der Waals surface area contributed by atoms with E-state index in [1.807, 2.05) is 13.8 Å². The Morgan fingerprint density at radius 1 is 1.32 bits per heavy atom. The van der Waals surface area contributed by atoms with E-state index >= 15 is 0 Å². The van der Waals surface area contributed by atoms with Crippen LogP contribution in [-0.2, 0) is 4.74 Å². The van der Waals surface area contributed by atoms with Crippen molar-refractivity contribution in [3.8, 4) is 0 Å². The molecular formula is C19H36IN5O2S. The summed E-state index contributed by atoms with van der Waals surface area (Å²) in [6.07, 6.45) is 1.11. The number of aryl methyl sites for hydroxylation is 1. The van der Waals surface area contributed by atoms with Crippen molar-refractivity contribution < 1.29 is 9.53 Å². The van der Waals surface area contributed by atoms with E-state index in [0.717, 1.165) is 23.9 Å². The molecule has 0 aliphatic carbocycles. The Balaban J connectivity index is 0.00000729. The van der Waals surface area contributed by atoms with Crippen LogP contribution >= 0.6 is 35.3 Å². The van der Waals surface area contributed by atoms with Crippen LogP contribution in [0, 0.1) is 12.8 Å². The highest BCUT2D eigenvalue weighted by atomic mass is 127. The molecule has 0 aromatic carbocycles. The Morgan fingerprint density at radius 3 is 2.46 bits per heavy atom. The standard InChI is InChI=1S/C19H35N5O2S.HI/c1-9-26-18(25)16-13(4)22-17(27-16)14(5)23-19(20-6)21-11-15(24(7)8)10-12(2)3;/h12,14-15H,9-11H2,1-8H3,(H2,20,21,23);1H. The number of guanidine groups is 1. The Hall–Kier alpha value is -0.940. The minimum Gasteiger partial charge on any atom is -0.462 e. The number of ether oxygens (including phenoxy) is 1. The third kappa shape index (κ3) is 8.60. The average molecular weight is 526 g/mol. The topological polar surface area (TPSA) is 78.8 Å². The van der Waals surface area contributed by atoms with Crippen LogP contribution in [0.4, 0.5) is 0 Å². The number of likely N-dealkylation sites (N-methyl/N-ethyl adjacent to an activating group) is 1. The molecule has 0 spiro atoms. The van der Waals surface area contributed by atoms with Crippen LogP contribution in [0.15, 0.2) is 4.99 Å². The number of thiazole rings is 1. The molecule has 1 aromatic heterocycles. The maximum absolute atomic E-state index is 12.0. The summed E-state index contributed by atoms with van der Waals surface area (Å²) in [6.45, 7) is 11.3. The molecule has 0 fully saturated rings. The molecule has 162 valence electrons. The number of carbonyl (C=O) groups is 1. The Bertz CT molecular complexity index is 634. The average Bonchev–Trinajstić information content (AvgIpc) is 2.98. The first kappa shape index (κ1) is 27.1. The molecule has 28 heavy (non-hydrogen) atoms. The van der Waals surface area contributed by atoms with Crippen LogP contribution < -0.4 is 10.6 Å². The van der Waals surface area contributed by atoms with Crippen LogP contribution in [-0.4, -0.2) is 62.1 Å². The van der Waals surface area contributed by atoms with Gasteiger partial charge in [-0.3, -0.25) is 4.99 Å². The molecule has 0 saturated carbocycles. The smallest absolute Gasteiger partial charge is 0.350 e. The van der Waals surface area contributed by atoms with Gasteiger partial charge in [-0.15, -0.1) is 35.3 Å². The molecule has 1 heterocycles. The van der Waals surface area contributed by atoms with Crippen LogP contribution in [0.3, 0.4) is 0 Å². The fraction of sp³-hybridized carbons (Fsp3) is 0.737. The van der Waals surface area contributed by atoms with E-state index < -0.39 is 0 Å². The summed E-state index contributed by atoms with van der Waals surface area (Å²) < 4.78 is 5.09. The van der Waals surface area contributed by atoms with Crippen LogP contribution in [0.2, 0.25) is 0 Å². The predicted molar refractivity (Wildman–Crippen MR) is 128 cm³/mol. The molecule has 1 aromatic rings. The van der Waals surface area contributed by atoms with Crippen molar-refractivity contribution in [2.45, 2.75) is 53.1 Å². The van der Waals surface area contributed by atoms with E-state index in [-0.39, 0.29) is 36.0 Å². The molecule has 2 N–H and O–H groups in total. The lowest BCUT2D eigenvalue weighted by Crippen LogP contribution is -2.46. The zero-order chi connectivity index (χ0) is 20.6. The Morgan fingerprint density at radius 2 is 1.96 bits per heavy atom. The number of rotatable bonds is 9. The summed E-state index contributed by atoms with van der Waals surface area (Å²) in [7, 11) is 5.96. The number of aliphatic imine (C=N–C) groups is 1. The maximum atomic E-state index is 12.0. The van der Waals surface area contributed by atoms with Crippen molar-refractivity contribution in [3.05, 3.63) is 15.6 Å². The number of aromatic nitrogens is 1. The lowest BCUT2D eigenvalue weighted by Gasteiger charge is -2.27. The van der Waals surface area contributed by atoms with E-state index in [4.69, 9.17) is 4.74 Å². The molecule has 0 amide bonds. The monoisotopic (exact) mass is 525 g/mol. The lowest BCUT2D eigenvalue weighted by atomic mass is 10.0. The van der Waals surface area contributed by atoms with Gasteiger partial charge in [-0.05, 0) is 47.2 Å². The Labute approximate surface area is 190 Å². The molecule has 2 unspecified atom stereocenters. The van der Waals surface area contributed by atoms with Crippen LogP contribution in [0.1, 0.15) is 60.5 Å². The van der Waals surface area contributed by atoms with Gasteiger partial charge in [0.15, 0.2) is 5.96 Å². The highest BCUT2D eigenvalue weighted by Gasteiger charge is 2.20. The van der Waals surface area contributed by atoms with Gasteiger partial charge in [0.2, 0.25) is 0 Å². The minimum atomic E-state index is -0.309. The van der Waals surface area contributed by atoms with Gasteiger partial charge in [-0.1, -0.05) is 13.8 Å². The van der Waals surface area contributed by atoms with Gasteiger partial charge in [-0.25, -0.2) is 9.78 Å². The van der Waals surface area contributed by atoms with Gasteiger partial charge in [0.1, 0.15) is 9.88 Å². The number of nitrogens with one attached hydrogen (secondary N) is 2. The zero-order valence-electron chi connectivity index (χ0n) is 18.3. The first-order chi connectivity index (χ1) is 12.7. The van der Waals surface area contributed by atoms with Gasteiger partial charge < -0.3 is 20.3 Å². The molecule has 0 saturated heterocycles. The zero-order valence-corrected chi connectivity index (χ0v) is 21.5. The first-order valence-electron chi connectivity index (χ1n) is 9.47. The highest BCUT2D eigenvalue weighted by molar-refractivity contribution is 14.0. The molecule has 2 atom stereocenters. The summed E-state index contributed by atoms with van der Waals surface area (Å²) in [5, 5.41) is 7.60. The highest BCUT2D eigenvalue weighted by Crippen LogP contribution is 2.24. The third-order valence-corrected chi connectivity index (χ3v) is 5.52. The lowest BCUT2D eigenvalue weighted by molar-refractivity contribution is 0.0531. The normalized spacial score (nSPS) is 13.9. The second-order valence-corrected chi connectivity index (χ2v) is 8.28. The minimum absolute atomic E-state index is 0. The van der Waals surface area contributed by atoms with E-state index in [1.54, 1.807) is 14.0 Å². The summed E-state index contributed by atoms with van der Waals surface area (Å²) in [6, 6.07) is 0.363. The number of carbonyl (C=O) groups excluding carboxylic acids is 1. The van der Waals surface area contributed by atoms with Gasteiger partial charge in [-0.2, -0.15) is 0 Å². The Kier molecular flexibility index (Phi) is 12.9. The number of halogens is 1. The van der Waals surface area contributed by atoms with Crippen molar-refractivity contribution >= 4 is 47.2 Å². The molecule has 1 rings (SSSR count). The van der Waals surface area contributed by atoms with Gasteiger partial charge in [0.05, 0.1) is 18.3 Å². The summed E-state index contributed by atoms with van der Waals surface area (Å²) in [5.41, 5.74) is 0.703. The van der Waals surface area contributed by atoms with Gasteiger partial charge in [0.25, 0.3) is 0 Å². The number of nitrogens with zero attached hydrogens (tertiary/aromatic N) is 3. The molecular weight excluding hydrogens is 489 g/mol. The van der Waals surface area contributed by atoms with E-state index in [1.165, 1.54) is 11.3 Å². The quantitative estimate of drug-likeness (QED) is 0.223. The molecule has 7 nitrogen and oxygen atoms in total.